The van der Waals surface area contributed by atoms with Crippen LogP contribution in [0.3, 0.4) is 0 Å². The SMILES string of the molecule is CN=C(NCC(=O)N1CCN(c2ccccc2)CC1)NCc1ccnn1C.I. The van der Waals surface area contributed by atoms with Crippen molar-refractivity contribution >= 4 is 41.5 Å². The first-order chi connectivity index (χ1) is 13.2. The van der Waals surface area contributed by atoms with Gasteiger partial charge in [-0.25, -0.2) is 0 Å². The highest BCUT2D eigenvalue weighted by molar-refractivity contribution is 14.0. The maximum absolute atomic E-state index is 12.5. The van der Waals surface area contributed by atoms with E-state index in [1.165, 1.54) is 5.69 Å². The van der Waals surface area contributed by atoms with Gasteiger partial charge in [0, 0.05) is 52.2 Å². The van der Waals surface area contributed by atoms with Gasteiger partial charge in [0.1, 0.15) is 0 Å². The van der Waals surface area contributed by atoms with Crippen molar-refractivity contribution in [2.45, 2.75) is 6.54 Å². The Morgan fingerprint density at radius 3 is 2.43 bits per heavy atom. The van der Waals surface area contributed by atoms with Crippen molar-refractivity contribution in [3.8, 4) is 0 Å². The average molecular weight is 497 g/mol. The molecule has 1 fully saturated rings. The van der Waals surface area contributed by atoms with Crippen molar-refractivity contribution in [2.75, 3.05) is 44.7 Å². The molecule has 0 aliphatic carbocycles. The molecule has 1 aromatic carbocycles. The molecule has 1 aromatic heterocycles. The number of anilines is 1. The fraction of sp³-hybridized carbons (Fsp3) is 0.421. The van der Waals surface area contributed by atoms with Crippen molar-refractivity contribution in [2.24, 2.45) is 12.0 Å². The van der Waals surface area contributed by atoms with Crippen LogP contribution < -0.4 is 15.5 Å². The molecule has 28 heavy (non-hydrogen) atoms. The Morgan fingerprint density at radius 1 is 1.11 bits per heavy atom. The topological polar surface area (TPSA) is 77.8 Å². The fourth-order valence-electron chi connectivity index (χ4n) is 3.09. The van der Waals surface area contributed by atoms with E-state index < -0.39 is 0 Å². The lowest BCUT2D eigenvalue weighted by Crippen LogP contribution is -2.52. The highest BCUT2D eigenvalue weighted by Crippen LogP contribution is 2.15. The predicted octanol–water partition coefficient (Wildman–Crippen LogP) is 1.05. The van der Waals surface area contributed by atoms with Gasteiger partial charge < -0.3 is 20.4 Å². The Kier molecular flexibility index (Phi) is 8.55. The number of nitrogens with one attached hydrogen (secondary N) is 2. The second-order valence-electron chi connectivity index (χ2n) is 6.43. The molecule has 0 spiro atoms. The summed E-state index contributed by atoms with van der Waals surface area (Å²) in [7, 11) is 3.59. The number of amides is 1. The van der Waals surface area contributed by atoms with E-state index >= 15 is 0 Å². The number of carbonyl (C=O) groups excluding carboxylic acids is 1. The Labute approximate surface area is 183 Å². The molecule has 0 bridgehead atoms. The summed E-state index contributed by atoms with van der Waals surface area (Å²) in [6.45, 7) is 4.00. The van der Waals surface area contributed by atoms with Crippen molar-refractivity contribution in [3.05, 3.63) is 48.3 Å². The van der Waals surface area contributed by atoms with Gasteiger partial charge in [0.15, 0.2) is 5.96 Å². The summed E-state index contributed by atoms with van der Waals surface area (Å²) in [4.78, 5) is 20.9. The van der Waals surface area contributed by atoms with Crippen LogP contribution in [0, 0.1) is 0 Å². The number of aromatic nitrogens is 2. The third-order valence-corrected chi connectivity index (χ3v) is 4.74. The van der Waals surface area contributed by atoms with E-state index in [1.807, 2.05) is 36.2 Å². The highest BCUT2D eigenvalue weighted by Gasteiger charge is 2.21. The number of carbonyl (C=O) groups is 1. The van der Waals surface area contributed by atoms with Crippen LogP contribution in [0.15, 0.2) is 47.6 Å². The largest absolute Gasteiger partial charge is 0.368 e. The van der Waals surface area contributed by atoms with E-state index in [2.05, 4.69) is 37.8 Å². The second-order valence-corrected chi connectivity index (χ2v) is 6.43. The molecular formula is C19H28IN7O. The van der Waals surface area contributed by atoms with Gasteiger partial charge in [-0.1, -0.05) is 18.2 Å². The monoisotopic (exact) mass is 497 g/mol. The molecule has 0 atom stereocenters. The van der Waals surface area contributed by atoms with Gasteiger partial charge in [-0.2, -0.15) is 5.10 Å². The molecule has 1 amide bonds. The van der Waals surface area contributed by atoms with Crippen LogP contribution in [-0.2, 0) is 18.4 Å². The van der Waals surface area contributed by atoms with Crippen molar-refractivity contribution in [1.82, 2.24) is 25.3 Å². The van der Waals surface area contributed by atoms with E-state index in [0.717, 1.165) is 31.9 Å². The zero-order valence-electron chi connectivity index (χ0n) is 16.3. The Balaban J connectivity index is 0.00000280. The fourth-order valence-corrected chi connectivity index (χ4v) is 3.09. The second kappa shape index (κ2) is 10.9. The minimum absolute atomic E-state index is 0. The Hall–Kier alpha value is -2.30. The molecule has 9 heteroatoms. The van der Waals surface area contributed by atoms with Crippen LogP contribution in [0.4, 0.5) is 5.69 Å². The molecular weight excluding hydrogens is 469 g/mol. The first-order valence-corrected chi connectivity index (χ1v) is 9.16. The molecule has 1 aliphatic rings. The number of hydrogen-bond donors (Lipinski definition) is 2. The lowest BCUT2D eigenvalue weighted by molar-refractivity contribution is -0.130. The minimum Gasteiger partial charge on any atom is -0.368 e. The lowest BCUT2D eigenvalue weighted by atomic mass is 10.2. The highest BCUT2D eigenvalue weighted by atomic mass is 127. The van der Waals surface area contributed by atoms with Crippen molar-refractivity contribution in [1.29, 1.82) is 0 Å². The summed E-state index contributed by atoms with van der Waals surface area (Å²) in [5.41, 5.74) is 2.25. The van der Waals surface area contributed by atoms with Gasteiger partial charge in [0.25, 0.3) is 0 Å². The van der Waals surface area contributed by atoms with Gasteiger partial charge in [-0.3, -0.25) is 14.5 Å². The molecule has 8 nitrogen and oxygen atoms in total. The van der Waals surface area contributed by atoms with Gasteiger partial charge >= 0.3 is 0 Å². The summed E-state index contributed by atoms with van der Waals surface area (Å²) < 4.78 is 1.80. The average Bonchev–Trinajstić information content (AvgIpc) is 3.13. The molecule has 0 unspecified atom stereocenters. The molecule has 1 saturated heterocycles. The zero-order chi connectivity index (χ0) is 19.1. The van der Waals surface area contributed by atoms with Crippen LogP contribution in [0.1, 0.15) is 5.69 Å². The number of benzene rings is 1. The van der Waals surface area contributed by atoms with E-state index in [4.69, 9.17) is 0 Å². The van der Waals surface area contributed by atoms with Gasteiger partial charge in [0.05, 0.1) is 18.8 Å². The minimum atomic E-state index is 0. The normalized spacial score (nSPS) is 14.4. The molecule has 152 valence electrons. The number of hydrogen-bond acceptors (Lipinski definition) is 4. The van der Waals surface area contributed by atoms with E-state index in [0.29, 0.717) is 12.5 Å². The molecule has 0 radical (unpaired) electrons. The summed E-state index contributed by atoms with van der Waals surface area (Å²) in [6.07, 6.45) is 1.76. The molecule has 3 rings (SSSR count). The summed E-state index contributed by atoms with van der Waals surface area (Å²) in [6, 6.07) is 12.3. The maximum Gasteiger partial charge on any atom is 0.242 e. The van der Waals surface area contributed by atoms with Crippen LogP contribution in [-0.4, -0.2) is 66.3 Å². The van der Waals surface area contributed by atoms with Crippen LogP contribution in [0.2, 0.25) is 0 Å². The Morgan fingerprint density at radius 2 is 1.82 bits per heavy atom. The number of nitrogens with zero attached hydrogens (tertiary/aromatic N) is 5. The van der Waals surface area contributed by atoms with Crippen molar-refractivity contribution in [3.63, 3.8) is 0 Å². The lowest BCUT2D eigenvalue weighted by Gasteiger charge is -2.36. The van der Waals surface area contributed by atoms with Gasteiger partial charge in [-0.05, 0) is 18.2 Å². The number of halogens is 1. The number of piperazine rings is 1. The Bertz CT molecular complexity index is 770. The smallest absolute Gasteiger partial charge is 0.242 e. The first kappa shape index (κ1) is 22.0. The van der Waals surface area contributed by atoms with Crippen LogP contribution in [0.25, 0.3) is 0 Å². The molecule has 0 saturated carbocycles. The summed E-state index contributed by atoms with van der Waals surface area (Å²) >= 11 is 0. The van der Waals surface area contributed by atoms with Crippen LogP contribution in [0.5, 0.6) is 0 Å². The first-order valence-electron chi connectivity index (χ1n) is 9.16. The van der Waals surface area contributed by atoms with Gasteiger partial charge in [-0.15, -0.1) is 24.0 Å². The predicted molar refractivity (Wildman–Crippen MR) is 122 cm³/mol. The number of rotatable bonds is 5. The molecule has 2 N–H and O–H groups in total. The standard InChI is InChI=1S/C19H27N7O.HI/c1-20-19(21-14-17-8-9-23-24(17)2)22-15-18(27)26-12-10-25(11-13-26)16-6-4-3-5-7-16;/h3-9H,10-15H2,1-2H3,(H2,20,21,22);1H. The van der Waals surface area contributed by atoms with E-state index in [-0.39, 0.29) is 36.4 Å². The number of aryl methyl sites for hydroxylation is 1. The quantitative estimate of drug-likeness (QED) is 0.367. The summed E-state index contributed by atoms with van der Waals surface area (Å²) in [5.74, 6) is 0.693. The van der Waals surface area contributed by atoms with Crippen molar-refractivity contribution < 1.29 is 4.79 Å². The maximum atomic E-state index is 12.5. The third kappa shape index (κ3) is 5.85. The molecule has 1 aliphatic heterocycles. The van der Waals surface area contributed by atoms with E-state index in [9.17, 15) is 4.79 Å². The number of para-hydroxylation sites is 1. The third-order valence-electron chi connectivity index (χ3n) is 4.74. The zero-order valence-corrected chi connectivity index (χ0v) is 18.7. The summed E-state index contributed by atoms with van der Waals surface area (Å²) in [5, 5.41) is 10.4. The molecule has 2 aromatic rings. The molecule has 2 heterocycles. The number of aliphatic imine (C=N–C) groups is 1. The number of guanidine groups is 1. The van der Waals surface area contributed by atoms with Crippen LogP contribution >= 0.6 is 24.0 Å². The van der Waals surface area contributed by atoms with Gasteiger partial charge in [0.2, 0.25) is 5.91 Å². The van der Waals surface area contributed by atoms with E-state index in [1.54, 1.807) is 17.9 Å².